The second-order valence-corrected chi connectivity index (χ2v) is 12.6. The molecule has 1 aliphatic heterocycles. The fraction of sp³-hybridized carbons (Fsp3) is 0.345. The van der Waals surface area contributed by atoms with Crippen molar-refractivity contribution in [1.82, 2.24) is 4.90 Å². The number of Topliss-reactive ketones (excluding diaryl/α,β-unsaturated/α-hetero) is 1. The minimum absolute atomic E-state index is 0.0255. The van der Waals surface area contributed by atoms with Crippen LogP contribution in [0.5, 0.6) is 11.5 Å². The van der Waals surface area contributed by atoms with Crippen LogP contribution in [0.3, 0.4) is 0 Å². The van der Waals surface area contributed by atoms with Crippen LogP contribution in [0.1, 0.15) is 32.1 Å². The average molecular weight is 741 g/mol. The van der Waals surface area contributed by atoms with Crippen molar-refractivity contribution in [3.63, 3.8) is 0 Å². The van der Waals surface area contributed by atoms with Crippen molar-refractivity contribution in [1.29, 1.82) is 0 Å². The predicted octanol–water partition coefficient (Wildman–Crippen LogP) is 2.99. The first-order valence-corrected chi connectivity index (χ1v) is 16.8. The van der Waals surface area contributed by atoms with Gasteiger partial charge in [-0.05, 0) is 31.0 Å². The Bertz CT molecular complexity index is 1600. The van der Waals surface area contributed by atoms with Crippen LogP contribution in [0.2, 0.25) is 0 Å². The Labute approximate surface area is 277 Å². The Hall–Kier alpha value is -4.84. The summed E-state index contributed by atoms with van der Waals surface area (Å²) in [6.07, 6.45) is 2.44. The summed E-state index contributed by atoms with van der Waals surface area (Å²) in [6.45, 7) is 0.169. The van der Waals surface area contributed by atoms with Gasteiger partial charge in [-0.2, -0.15) is 0 Å². The number of carbonyl (C=O) groups is 5. The van der Waals surface area contributed by atoms with Gasteiger partial charge in [0.1, 0.15) is 11.5 Å². The molecule has 0 radical (unpaired) electrons. The molecule has 0 N–H and O–H groups in total. The molecule has 1 unspecified atom stereocenters. The van der Waals surface area contributed by atoms with E-state index in [-0.39, 0.29) is 53.4 Å². The second kappa shape index (κ2) is 19.0. The topological polar surface area (TPSA) is 227 Å². The molecule has 0 saturated heterocycles. The molecule has 1 aliphatic rings. The SMILES string of the molecule is O=C(CBr)CCS(=O)(=O)CCC(=O)Oc1ccccc1[N+](=O)[O-].O=C(Oc1ccccc1)C(CCCCN1C(=O)C=CC1=O)[N+](=O)[O-]. The first-order valence-electron chi connectivity index (χ1n) is 13.9. The lowest BCUT2D eigenvalue weighted by atomic mass is 10.1. The maximum atomic E-state index is 11.9. The summed E-state index contributed by atoms with van der Waals surface area (Å²) in [5, 5.41) is 21.9. The van der Waals surface area contributed by atoms with Gasteiger partial charge in [-0.25, -0.2) is 13.2 Å². The minimum atomic E-state index is -3.58. The zero-order chi connectivity index (χ0) is 35.0. The quantitative estimate of drug-likeness (QED) is 0.0433. The van der Waals surface area contributed by atoms with Crippen LogP contribution in [0.15, 0.2) is 66.7 Å². The van der Waals surface area contributed by atoms with E-state index in [1.807, 2.05) is 0 Å². The largest absolute Gasteiger partial charge is 0.421 e. The molecule has 252 valence electrons. The highest BCUT2D eigenvalue weighted by Gasteiger charge is 2.32. The molecule has 0 spiro atoms. The number of nitro benzene ring substituents is 1. The van der Waals surface area contributed by atoms with E-state index in [1.165, 1.54) is 48.6 Å². The highest BCUT2D eigenvalue weighted by atomic mass is 79.9. The van der Waals surface area contributed by atoms with E-state index >= 15 is 0 Å². The minimum Gasteiger partial charge on any atom is -0.421 e. The molecular weight excluding hydrogens is 710 g/mol. The van der Waals surface area contributed by atoms with Gasteiger partial charge < -0.3 is 9.47 Å². The third kappa shape index (κ3) is 13.6. The third-order valence-corrected chi connectivity index (χ3v) is 8.52. The van der Waals surface area contributed by atoms with E-state index in [0.717, 1.165) is 4.90 Å². The lowest BCUT2D eigenvalue weighted by Gasteiger charge is -2.13. The summed E-state index contributed by atoms with van der Waals surface area (Å²) >= 11 is 2.93. The number of rotatable bonds is 17. The van der Waals surface area contributed by atoms with Crippen LogP contribution in [0.25, 0.3) is 0 Å². The molecule has 0 aliphatic carbocycles. The molecule has 0 aromatic heterocycles. The van der Waals surface area contributed by atoms with E-state index in [2.05, 4.69) is 15.9 Å². The highest BCUT2D eigenvalue weighted by Crippen LogP contribution is 2.26. The van der Waals surface area contributed by atoms with Gasteiger partial charge in [0, 0.05) is 42.5 Å². The molecule has 18 heteroatoms. The summed E-state index contributed by atoms with van der Waals surface area (Å²) in [6, 6.07) is 11.9. The smallest absolute Gasteiger partial charge is 0.387 e. The van der Waals surface area contributed by atoms with Gasteiger partial charge in [0.05, 0.1) is 28.2 Å². The molecular formula is C29H30BrN3O13S. The van der Waals surface area contributed by atoms with Gasteiger partial charge >= 0.3 is 23.7 Å². The van der Waals surface area contributed by atoms with Gasteiger partial charge in [0.2, 0.25) is 5.75 Å². The Morgan fingerprint density at radius 2 is 1.45 bits per heavy atom. The van der Waals surface area contributed by atoms with Crippen LogP contribution >= 0.6 is 15.9 Å². The van der Waals surface area contributed by atoms with Crippen molar-refractivity contribution in [3.05, 3.63) is 87.0 Å². The maximum absolute atomic E-state index is 11.9. The molecule has 2 aromatic rings. The molecule has 0 bridgehead atoms. The van der Waals surface area contributed by atoms with Crippen molar-refractivity contribution in [3.8, 4) is 11.5 Å². The molecule has 1 heterocycles. The van der Waals surface area contributed by atoms with Gasteiger partial charge in [-0.1, -0.05) is 46.3 Å². The third-order valence-electron chi connectivity index (χ3n) is 6.24. The molecule has 0 saturated carbocycles. The lowest BCUT2D eigenvalue weighted by Crippen LogP contribution is -2.34. The number of esters is 2. The summed E-state index contributed by atoms with van der Waals surface area (Å²) in [4.78, 5) is 78.9. The number of amides is 2. The van der Waals surface area contributed by atoms with E-state index in [9.17, 15) is 52.6 Å². The molecule has 1 atom stereocenters. The van der Waals surface area contributed by atoms with Gasteiger partial charge in [-0.3, -0.25) is 44.3 Å². The van der Waals surface area contributed by atoms with Crippen molar-refractivity contribution in [2.45, 2.75) is 38.1 Å². The number of carbonyl (C=O) groups excluding carboxylic acids is 5. The van der Waals surface area contributed by atoms with Crippen molar-refractivity contribution < 1.29 is 51.7 Å². The number of nitro groups is 2. The van der Waals surface area contributed by atoms with Crippen LogP contribution in [-0.4, -0.2) is 82.1 Å². The second-order valence-electron chi connectivity index (χ2n) is 9.72. The van der Waals surface area contributed by atoms with E-state index in [0.29, 0.717) is 12.8 Å². The Morgan fingerprint density at radius 3 is 2.04 bits per heavy atom. The summed E-state index contributed by atoms with van der Waals surface area (Å²) < 4.78 is 33.2. The Balaban J connectivity index is 0.000000327. The van der Waals surface area contributed by atoms with Gasteiger partial charge in [-0.15, -0.1) is 0 Å². The number of imide groups is 1. The Morgan fingerprint density at radius 1 is 0.851 bits per heavy atom. The van der Waals surface area contributed by atoms with Crippen molar-refractivity contribution in [2.24, 2.45) is 0 Å². The standard InChI is InChI=1S/C16H16N2O6.C13H14BrNO7S/c19-14-9-10-15(20)17(14)11-5-4-8-13(18(22)23)16(21)24-12-6-2-1-3-7-12;14-9-10(16)5-7-23(20,21)8-6-13(17)22-12-4-2-1-3-11(12)15(18)19/h1-3,6-7,9-10,13H,4-5,8,11H2;1-4H,5-9H2. The first kappa shape index (κ1) is 38.3. The summed E-state index contributed by atoms with van der Waals surface area (Å²) in [5.41, 5.74) is -0.383. The highest BCUT2D eigenvalue weighted by molar-refractivity contribution is 9.09. The zero-order valence-electron chi connectivity index (χ0n) is 24.7. The van der Waals surface area contributed by atoms with Gasteiger partial charge in [0.15, 0.2) is 9.84 Å². The number of halogens is 1. The van der Waals surface area contributed by atoms with Crippen LogP contribution in [0, 0.1) is 20.2 Å². The molecule has 2 aromatic carbocycles. The molecule has 16 nitrogen and oxygen atoms in total. The van der Waals surface area contributed by atoms with Crippen LogP contribution in [-0.2, 0) is 33.8 Å². The first-order chi connectivity index (χ1) is 22.2. The summed E-state index contributed by atoms with van der Waals surface area (Å²) in [7, 11) is -3.58. The number of para-hydroxylation sites is 3. The van der Waals surface area contributed by atoms with Crippen LogP contribution < -0.4 is 9.47 Å². The number of nitrogens with zero attached hydrogens (tertiary/aromatic N) is 3. The number of hydrogen-bond donors (Lipinski definition) is 0. The van der Waals surface area contributed by atoms with Crippen LogP contribution in [0.4, 0.5) is 5.69 Å². The van der Waals surface area contributed by atoms with E-state index in [4.69, 9.17) is 9.47 Å². The fourth-order valence-electron chi connectivity index (χ4n) is 3.79. The van der Waals surface area contributed by atoms with Crippen molar-refractivity contribution in [2.75, 3.05) is 23.4 Å². The zero-order valence-corrected chi connectivity index (χ0v) is 27.1. The molecule has 3 rings (SSSR count). The van der Waals surface area contributed by atoms with Crippen molar-refractivity contribution >= 4 is 61.0 Å². The number of unbranched alkanes of at least 4 members (excludes halogenated alkanes) is 1. The van der Waals surface area contributed by atoms with E-state index in [1.54, 1.807) is 18.2 Å². The number of ether oxygens (including phenoxy) is 2. The fourth-order valence-corrected chi connectivity index (χ4v) is 5.29. The number of benzene rings is 2. The molecule has 0 fully saturated rings. The number of alkyl halides is 1. The van der Waals surface area contributed by atoms with E-state index < -0.39 is 61.7 Å². The Kier molecular flexibility index (Phi) is 15.5. The maximum Gasteiger partial charge on any atom is 0.387 e. The average Bonchev–Trinajstić information content (AvgIpc) is 3.35. The van der Waals surface area contributed by atoms with Gasteiger partial charge in [0.25, 0.3) is 11.8 Å². The lowest BCUT2D eigenvalue weighted by molar-refractivity contribution is -0.510. The molecule has 2 amide bonds. The number of hydrogen-bond acceptors (Lipinski definition) is 13. The predicted molar refractivity (Wildman–Crippen MR) is 168 cm³/mol. The monoisotopic (exact) mass is 739 g/mol. The molecule has 47 heavy (non-hydrogen) atoms. The number of sulfone groups is 1. The summed E-state index contributed by atoms with van der Waals surface area (Å²) in [5.74, 6) is -3.70. The number of ketones is 1. The normalized spacial score (nSPS) is 12.9.